The molecule has 0 saturated carbocycles. The fraction of sp³-hybridized carbons (Fsp3) is 0.435. The number of hydrogen-bond acceptors (Lipinski definition) is 5. The number of ether oxygens (including phenoxy) is 1. The molecular weight excluding hydrogens is 468 g/mol. The molecule has 0 radical (unpaired) electrons. The first-order chi connectivity index (χ1) is 15.7. The zero-order valence-corrected chi connectivity index (χ0v) is 20.1. The van der Waals surface area contributed by atoms with Gasteiger partial charge in [-0.1, -0.05) is 11.6 Å². The number of benzene rings is 1. The first kappa shape index (κ1) is 22.4. The fourth-order valence-corrected chi connectivity index (χ4v) is 4.88. The summed E-state index contributed by atoms with van der Waals surface area (Å²) >= 11 is 12.5. The van der Waals surface area contributed by atoms with Crippen molar-refractivity contribution in [2.75, 3.05) is 6.54 Å². The molecule has 5 rings (SSSR count). The predicted octanol–water partition coefficient (Wildman–Crippen LogP) is 4.68. The minimum absolute atomic E-state index is 0.135. The van der Waals surface area contributed by atoms with E-state index in [1.807, 2.05) is 20.8 Å². The highest BCUT2D eigenvalue weighted by molar-refractivity contribution is 6.31. The first-order valence-corrected chi connectivity index (χ1v) is 11.7. The van der Waals surface area contributed by atoms with Gasteiger partial charge in [-0.05, 0) is 51.1 Å². The van der Waals surface area contributed by atoms with Gasteiger partial charge in [-0.15, -0.1) is 0 Å². The Morgan fingerprint density at radius 2 is 2.06 bits per heavy atom. The molecule has 1 saturated heterocycles. The summed E-state index contributed by atoms with van der Waals surface area (Å²) in [6.45, 7) is 7.14. The molecule has 1 aromatic carbocycles. The van der Waals surface area contributed by atoms with E-state index in [9.17, 15) is 9.18 Å². The maximum Gasteiger partial charge on any atom is 0.258 e. The van der Waals surface area contributed by atoms with E-state index >= 15 is 0 Å². The van der Waals surface area contributed by atoms with Gasteiger partial charge in [0.1, 0.15) is 17.7 Å². The van der Waals surface area contributed by atoms with Crippen LogP contribution in [0.3, 0.4) is 0 Å². The number of aryl methyl sites for hydroxylation is 2. The predicted molar refractivity (Wildman–Crippen MR) is 123 cm³/mol. The van der Waals surface area contributed by atoms with Gasteiger partial charge in [0.15, 0.2) is 5.65 Å². The number of rotatable bonds is 3. The van der Waals surface area contributed by atoms with Crippen LogP contribution >= 0.6 is 23.4 Å². The molecule has 1 amide bonds. The zero-order chi connectivity index (χ0) is 23.4. The third kappa shape index (κ3) is 3.94. The minimum atomic E-state index is -0.446. The summed E-state index contributed by atoms with van der Waals surface area (Å²) in [5.74, 6) is -0.416. The summed E-state index contributed by atoms with van der Waals surface area (Å²) in [6, 6.07) is 4.19. The number of carbonyl (C=O) groups excluding carboxylic acids is 1. The summed E-state index contributed by atoms with van der Waals surface area (Å²) in [5, 5.41) is 5.22. The second kappa shape index (κ2) is 8.42. The monoisotopic (exact) mass is 491 g/mol. The van der Waals surface area contributed by atoms with E-state index in [1.54, 1.807) is 13.8 Å². The van der Waals surface area contributed by atoms with Crippen molar-refractivity contribution in [2.45, 2.75) is 58.8 Å². The maximum atomic E-state index is 14.1. The Hall–Kier alpha value is -2.42. The SMILES string of the molecule is Cc1nc2c3c(nn2c(C)c1Cl)CN(C(=O)c1ccc(F)cc1O[C@@H]1CCN(Cl)[C@@H](C)C1)C3. The van der Waals surface area contributed by atoms with Gasteiger partial charge in [-0.2, -0.15) is 5.10 Å². The van der Waals surface area contributed by atoms with Gasteiger partial charge >= 0.3 is 0 Å². The number of nitrogens with zero attached hydrogens (tertiary/aromatic N) is 5. The van der Waals surface area contributed by atoms with Crippen molar-refractivity contribution >= 4 is 34.9 Å². The molecule has 33 heavy (non-hydrogen) atoms. The van der Waals surface area contributed by atoms with Gasteiger partial charge in [0.05, 0.1) is 40.8 Å². The number of amides is 1. The second-order valence-electron chi connectivity index (χ2n) is 8.80. The number of piperidine rings is 1. The van der Waals surface area contributed by atoms with Gasteiger partial charge in [0.2, 0.25) is 0 Å². The molecule has 2 atom stereocenters. The third-order valence-electron chi connectivity index (χ3n) is 6.46. The molecule has 7 nitrogen and oxygen atoms in total. The highest BCUT2D eigenvalue weighted by atomic mass is 35.5. The summed E-state index contributed by atoms with van der Waals surface area (Å²) in [6.07, 6.45) is 1.27. The average molecular weight is 492 g/mol. The summed E-state index contributed by atoms with van der Waals surface area (Å²) in [7, 11) is 0. The maximum absolute atomic E-state index is 14.1. The molecule has 2 aromatic heterocycles. The van der Waals surface area contributed by atoms with Crippen LogP contribution in [0.1, 0.15) is 52.8 Å². The molecule has 3 aromatic rings. The minimum Gasteiger partial charge on any atom is -0.489 e. The Morgan fingerprint density at radius 1 is 1.27 bits per heavy atom. The van der Waals surface area contributed by atoms with Crippen LogP contribution in [-0.4, -0.2) is 48.5 Å². The lowest BCUT2D eigenvalue weighted by Crippen LogP contribution is -2.39. The summed E-state index contributed by atoms with van der Waals surface area (Å²) in [5.41, 5.74) is 4.27. The van der Waals surface area contributed by atoms with Crippen LogP contribution in [0.5, 0.6) is 5.75 Å². The van der Waals surface area contributed by atoms with Crippen molar-refractivity contribution in [1.29, 1.82) is 0 Å². The molecule has 0 unspecified atom stereocenters. The Bertz CT molecular complexity index is 1260. The van der Waals surface area contributed by atoms with Gasteiger partial charge in [0, 0.05) is 30.6 Å². The van der Waals surface area contributed by atoms with E-state index in [0.29, 0.717) is 48.7 Å². The van der Waals surface area contributed by atoms with E-state index in [2.05, 4.69) is 10.1 Å². The first-order valence-electron chi connectivity index (χ1n) is 10.9. The summed E-state index contributed by atoms with van der Waals surface area (Å²) < 4.78 is 23.7. The number of halogens is 3. The molecule has 174 valence electrons. The van der Waals surface area contributed by atoms with E-state index in [-0.39, 0.29) is 23.8 Å². The van der Waals surface area contributed by atoms with Gasteiger partial charge in [0.25, 0.3) is 5.91 Å². The number of aromatic nitrogens is 3. The normalized spacial score (nSPS) is 21.0. The largest absolute Gasteiger partial charge is 0.489 e. The smallest absolute Gasteiger partial charge is 0.258 e. The Balaban J connectivity index is 1.40. The quantitative estimate of drug-likeness (QED) is 0.497. The molecule has 0 bridgehead atoms. The van der Waals surface area contributed by atoms with Crippen LogP contribution in [0.4, 0.5) is 4.39 Å². The number of hydrogen-bond donors (Lipinski definition) is 0. The number of fused-ring (bicyclic) bond motifs is 3. The van der Waals surface area contributed by atoms with Gasteiger partial charge in [-0.3, -0.25) is 4.79 Å². The van der Waals surface area contributed by atoms with Crippen LogP contribution in [0.2, 0.25) is 5.02 Å². The van der Waals surface area contributed by atoms with E-state index in [0.717, 1.165) is 22.6 Å². The number of carbonyl (C=O) groups is 1. The van der Waals surface area contributed by atoms with Gasteiger partial charge < -0.3 is 9.64 Å². The molecule has 1 fully saturated rings. The highest BCUT2D eigenvalue weighted by Crippen LogP contribution is 2.33. The van der Waals surface area contributed by atoms with Crippen LogP contribution < -0.4 is 4.74 Å². The van der Waals surface area contributed by atoms with Crippen molar-refractivity contribution in [3.05, 3.63) is 57.2 Å². The Morgan fingerprint density at radius 3 is 2.82 bits per heavy atom. The van der Waals surface area contributed by atoms with Crippen molar-refractivity contribution < 1.29 is 13.9 Å². The van der Waals surface area contributed by atoms with Crippen LogP contribution in [0.25, 0.3) is 5.65 Å². The molecule has 2 aliphatic heterocycles. The second-order valence-corrected chi connectivity index (χ2v) is 9.61. The van der Waals surface area contributed by atoms with E-state index in [1.165, 1.54) is 18.2 Å². The van der Waals surface area contributed by atoms with Gasteiger partial charge in [-0.25, -0.2) is 18.3 Å². The molecule has 10 heteroatoms. The molecule has 0 N–H and O–H groups in total. The van der Waals surface area contributed by atoms with Crippen LogP contribution in [-0.2, 0) is 13.1 Å². The van der Waals surface area contributed by atoms with Crippen molar-refractivity contribution in [2.24, 2.45) is 0 Å². The lowest BCUT2D eigenvalue weighted by molar-refractivity contribution is 0.0730. The Labute approximate surface area is 201 Å². The Kier molecular flexibility index (Phi) is 5.71. The topological polar surface area (TPSA) is 63.0 Å². The fourth-order valence-electron chi connectivity index (χ4n) is 4.58. The van der Waals surface area contributed by atoms with E-state index < -0.39 is 5.82 Å². The lowest BCUT2D eigenvalue weighted by Gasteiger charge is -2.33. The molecule has 0 aliphatic carbocycles. The average Bonchev–Trinajstić information content (AvgIpc) is 3.34. The van der Waals surface area contributed by atoms with Crippen molar-refractivity contribution in [1.82, 2.24) is 23.9 Å². The lowest BCUT2D eigenvalue weighted by atomic mass is 10.0. The van der Waals surface area contributed by atoms with Crippen molar-refractivity contribution in [3.63, 3.8) is 0 Å². The zero-order valence-electron chi connectivity index (χ0n) is 18.6. The van der Waals surface area contributed by atoms with Crippen molar-refractivity contribution in [3.8, 4) is 5.75 Å². The highest BCUT2D eigenvalue weighted by Gasteiger charge is 2.33. The molecule has 4 heterocycles. The van der Waals surface area contributed by atoms with Crippen LogP contribution in [0, 0.1) is 19.7 Å². The van der Waals surface area contributed by atoms with Crippen LogP contribution in [0.15, 0.2) is 18.2 Å². The molecule has 2 aliphatic rings. The summed E-state index contributed by atoms with van der Waals surface area (Å²) in [4.78, 5) is 19.7. The molecule has 0 spiro atoms. The third-order valence-corrected chi connectivity index (χ3v) is 7.51. The standard InChI is InChI=1S/C23H24Cl2FN5O2/c1-12-8-16(6-7-30(12)25)33-20-9-15(26)4-5-17(20)23(32)29-10-18-19(11-29)28-31-14(3)21(24)13(2)27-22(18)31/h4-5,9,12,16H,6-8,10-11H2,1-3H3/t12-,16+/m0/s1. The van der Waals surface area contributed by atoms with E-state index in [4.69, 9.17) is 28.1 Å². The molecular formula is C23H24Cl2FN5O2.